The van der Waals surface area contributed by atoms with Crippen LogP contribution in [0.15, 0.2) is 12.4 Å². The van der Waals surface area contributed by atoms with Crippen molar-refractivity contribution < 1.29 is 9.13 Å². The third-order valence-corrected chi connectivity index (χ3v) is 2.65. The van der Waals surface area contributed by atoms with Crippen molar-refractivity contribution in [3.8, 4) is 0 Å². The van der Waals surface area contributed by atoms with E-state index in [4.69, 9.17) is 4.74 Å². The lowest BCUT2D eigenvalue weighted by Gasteiger charge is -2.32. The summed E-state index contributed by atoms with van der Waals surface area (Å²) < 4.78 is 18.2. The summed E-state index contributed by atoms with van der Waals surface area (Å²) in [5.74, 6) is 0.156. The minimum Gasteiger partial charge on any atom is -0.380 e. The number of methoxy groups -OCH3 is 1. The molecule has 1 unspecified atom stereocenters. The van der Waals surface area contributed by atoms with Crippen molar-refractivity contribution in [2.24, 2.45) is 0 Å². The number of hydrogen-bond donors (Lipinski definition) is 0. The zero-order valence-corrected chi connectivity index (χ0v) is 8.69. The van der Waals surface area contributed by atoms with Gasteiger partial charge in [0.2, 0.25) is 5.95 Å². The molecule has 2 heterocycles. The van der Waals surface area contributed by atoms with E-state index in [9.17, 15) is 4.39 Å². The van der Waals surface area contributed by atoms with Crippen LogP contribution in [0.25, 0.3) is 0 Å². The van der Waals surface area contributed by atoms with Crippen molar-refractivity contribution in [1.29, 1.82) is 0 Å². The van der Waals surface area contributed by atoms with E-state index in [0.717, 1.165) is 25.9 Å². The summed E-state index contributed by atoms with van der Waals surface area (Å²) in [4.78, 5) is 9.52. The molecule has 1 aliphatic rings. The number of piperidine rings is 1. The van der Waals surface area contributed by atoms with Crippen LogP contribution in [0.1, 0.15) is 12.8 Å². The smallest absolute Gasteiger partial charge is 0.218 e. The highest BCUT2D eigenvalue weighted by atomic mass is 19.1. The number of hydrogen-bond acceptors (Lipinski definition) is 4. The van der Waals surface area contributed by atoms with Crippen LogP contribution < -0.4 is 4.90 Å². The average Bonchev–Trinajstić information content (AvgIpc) is 2.29. The van der Waals surface area contributed by atoms with E-state index in [2.05, 4.69) is 9.97 Å². The summed E-state index contributed by atoms with van der Waals surface area (Å²) in [6, 6.07) is 1.36. The van der Waals surface area contributed by atoms with E-state index >= 15 is 0 Å². The Morgan fingerprint density at radius 3 is 3.13 bits per heavy atom. The van der Waals surface area contributed by atoms with E-state index in [-0.39, 0.29) is 6.10 Å². The fourth-order valence-corrected chi connectivity index (χ4v) is 1.84. The summed E-state index contributed by atoms with van der Waals surface area (Å²) >= 11 is 0. The van der Waals surface area contributed by atoms with Gasteiger partial charge in [-0.2, -0.15) is 4.39 Å². The quantitative estimate of drug-likeness (QED) is 0.690. The van der Waals surface area contributed by atoms with Gasteiger partial charge in [-0.1, -0.05) is 0 Å². The minimum atomic E-state index is -0.487. The second-order valence-corrected chi connectivity index (χ2v) is 3.64. The van der Waals surface area contributed by atoms with E-state index in [1.165, 1.54) is 12.4 Å². The van der Waals surface area contributed by atoms with Crippen molar-refractivity contribution in [3.63, 3.8) is 0 Å². The molecule has 2 rings (SSSR count). The Bertz CT molecular complexity index is 334. The normalized spacial score (nSPS) is 21.7. The molecule has 0 aromatic carbocycles. The first kappa shape index (κ1) is 10.3. The first-order chi connectivity index (χ1) is 7.29. The Morgan fingerprint density at radius 1 is 1.53 bits per heavy atom. The highest BCUT2D eigenvalue weighted by Gasteiger charge is 2.20. The van der Waals surface area contributed by atoms with Gasteiger partial charge >= 0.3 is 0 Å². The summed E-state index contributed by atoms with van der Waals surface area (Å²) in [5, 5.41) is 0. The van der Waals surface area contributed by atoms with Crippen LogP contribution in [0, 0.1) is 5.95 Å². The lowest BCUT2D eigenvalue weighted by Crippen LogP contribution is -2.39. The van der Waals surface area contributed by atoms with Crippen LogP contribution in [0.3, 0.4) is 0 Å². The fourth-order valence-electron chi connectivity index (χ4n) is 1.84. The second-order valence-electron chi connectivity index (χ2n) is 3.64. The van der Waals surface area contributed by atoms with E-state index in [0.29, 0.717) is 5.82 Å². The SMILES string of the molecule is COC1CCCN(c2cc(F)ncn2)C1. The van der Waals surface area contributed by atoms with Crippen LogP contribution in [-0.4, -0.2) is 36.3 Å². The molecule has 0 bridgehead atoms. The molecule has 1 atom stereocenters. The third kappa shape index (κ3) is 2.41. The van der Waals surface area contributed by atoms with Crippen molar-refractivity contribution >= 4 is 5.82 Å². The summed E-state index contributed by atoms with van der Waals surface area (Å²) in [5.41, 5.74) is 0. The molecule has 1 aliphatic heterocycles. The van der Waals surface area contributed by atoms with Crippen LogP contribution in [0.4, 0.5) is 10.2 Å². The van der Waals surface area contributed by atoms with Gasteiger partial charge < -0.3 is 9.64 Å². The Labute approximate surface area is 88.1 Å². The molecule has 1 aromatic rings. The molecular formula is C10H14FN3O. The zero-order valence-electron chi connectivity index (χ0n) is 8.69. The molecule has 0 spiro atoms. The zero-order chi connectivity index (χ0) is 10.7. The third-order valence-electron chi connectivity index (χ3n) is 2.65. The molecule has 5 heteroatoms. The van der Waals surface area contributed by atoms with E-state index in [1.807, 2.05) is 4.90 Å². The molecule has 0 N–H and O–H groups in total. The van der Waals surface area contributed by atoms with Crippen LogP contribution >= 0.6 is 0 Å². The van der Waals surface area contributed by atoms with E-state index < -0.39 is 5.95 Å². The number of nitrogens with zero attached hydrogens (tertiary/aromatic N) is 3. The predicted molar refractivity (Wildman–Crippen MR) is 54.2 cm³/mol. The van der Waals surface area contributed by atoms with Crippen LogP contribution in [0.2, 0.25) is 0 Å². The number of aromatic nitrogens is 2. The molecule has 0 radical (unpaired) electrons. The maximum atomic E-state index is 12.9. The molecule has 1 fully saturated rings. The van der Waals surface area contributed by atoms with Crippen molar-refractivity contribution in [2.75, 3.05) is 25.1 Å². The molecule has 0 saturated carbocycles. The van der Waals surface area contributed by atoms with Gasteiger partial charge in [-0.3, -0.25) is 0 Å². The van der Waals surface area contributed by atoms with Crippen LogP contribution in [0.5, 0.6) is 0 Å². The highest BCUT2D eigenvalue weighted by Crippen LogP contribution is 2.18. The number of rotatable bonds is 2. The van der Waals surface area contributed by atoms with Gasteiger partial charge in [-0.25, -0.2) is 9.97 Å². The van der Waals surface area contributed by atoms with Crippen molar-refractivity contribution in [3.05, 3.63) is 18.3 Å². The van der Waals surface area contributed by atoms with Crippen molar-refractivity contribution in [1.82, 2.24) is 9.97 Å². The van der Waals surface area contributed by atoms with Gasteiger partial charge in [0, 0.05) is 26.3 Å². The molecule has 4 nitrogen and oxygen atoms in total. The fraction of sp³-hybridized carbons (Fsp3) is 0.600. The Kier molecular flexibility index (Phi) is 3.11. The first-order valence-corrected chi connectivity index (χ1v) is 5.05. The van der Waals surface area contributed by atoms with Gasteiger partial charge in [-0.05, 0) is 12.8 Å². The minimum absolute atomic E-state index is 0.219. The van der Waals surface area contributed by atoms with E-state index in [1.54, 1.807) is 7.11 Å². The largest absolute Gasteiger partial charge is 0.380 e. The molecule has 15 heavy (non-hydrogen) atoms. The Hall–Kier alpha value is -1.23. The molecule has 1 aromatic heterocycles. The monoisotopic (exact) mass is 211 g/mol. The van der Waals surface area contributed by atoms with Crippen LogP contribution in [-0.2, 0) is 4.74 Å². The van der Waals surface area contributed by atoms with Gasteiger partial charge in [-0.15, -0.1) is 0 Å². The molecule has 0 amide bonds. The molecule has 0 aliphatic carbocycles. The standard InChI is InChI=1S/C10H14FN3O/c1-15-8-3-2-4-14(6-8)10-5-9(11)12-7-13-10/h5,7-8H,2-4,6H2,1H3. The first-order valence-electron chi connectivity index (χ1n) is 5.05. The lowest BCUT2D eigenvalue weighted by atomic mass is 10.1. The Balaban J connectivity index is 2.09. The van der Waals surface area contributed by atoms with Crippen molar-refractivity contribution in [2.45, 2.75) is 18.9 Å². The molecule has 82 valence electrons. The van der Waals surface area contributed by atoms with Gasteiger partial charge in [0.1, 0.15) is 12.1 Å². The average molecular weight is 211 g/mol. The van der Waals surface area contributed by atoms with Gasteiger partial charge in [0.15, 0.2) is 0 Å². The number of ether oxygens (including phenoxy) is 1. The summed E-state index contributed by atoms with van der Waals surface area (Å²) in [6.45, 7) is 1.67. The second kappa shape index (κ2) is 4.53. The number of anilines is 1. The maximum Gasteiger partial charge on any atom is 0.218 e. The van der Waals surface area contributed by atoms with Gasteiger partial charge in [0.25, 0.3) is 0 Å². The maximum absolute atomic E-state index is 12.9. The van der Waals surface area contributed by atoms with Gasteiger partial charge in [0.05, 0.1) is 6.10 Å². The summed E-state index contributed by atoms with van der Waals surface area (Å²) in [7, 11) is 1.70. The Morgan fingerprint density at radius 2 is 2.40 bits per heavy atom. The topological polar surface area (TPSA) is 38.2 Å². The predicted octanol–water partition coefficient (Wildman–Crippen LogP) is 1.23. The molecule has 1 saturated heterocycles. The lowest BCUT2D eigenvalue weighted by molar-refractivity contribution is 0.0891. The summed E-state index contributed by atoms with van der Waals surface area (Å²) in [6.07, 6.45) is 3.57. The highest BCUT2D eigenvalue weighted by molar-refractivity contribution is 5.37. The molecular weight excluding hydrogens is 197 g/mol. The number of halogens is 1.